The molecule has 0 bridgehead atoms. The lowest BCUT2D eigenvalue weighted by Gasteiger charge is -2.22. The first-order valence-electron chi connectivity index (χ1n) is 13.5. The highest BCUT2D eigenvalue weighted by Crippen LogP contribution is 2.38. The van der Waals surface area contributed by atoms with Gasteiger partial charge in [-0.25, -0.2) is 4.79 Å². The number of rotatable bonds is 14. The molecule has 3 rings (SSSR count). The maximum atomic E-state index is 13.5. The largest absolute Gasteiger partial charge is 0.462 e. The normalized spacial score (nSPS) is 11.6. The zero-order valence-corrected chi connectivity index (χ0v) is 24.8. The Kier molecular flexibility index (Phi) is 11.6. The fraction of sp³-hybridized carbons (Fsp3) is 0.516. The molecule has 0 aliphatic heterocycles. The first-order valence-corrected chi connectivity index (χ1v) is 15.1. The summed E-state index contributed by atoms with van der Waals surface area (Å²) in [7, 11) is 0. The molecule has 0 spiro atoms. The third-order valence-electron chi connectivity index (χ3n) is 7.05. The van der Waals surface area contributed by atoms with Gasteiger partial charge in [-0.05, 0) is 70.6 Å². The van der Waals surface area contributed by atoms with E-state index in [0.717, 1.165) is 37.3 Å². The molecule has 0 N–H and O–H groups in total. The summed E-state index contributed by atoms with van der Waals surface area (Å²) in [6, 6.07) is 12.7. The molecule has 0 aliphatic carbocycles. The summed E-state index contributed by atoms with van der Waals surface area (Å²) in [6.07, 6.45) is 13.6. The van der Waals surface area contributed by atoms with Crippen LogP contribution in [0.25, 0.3) is 21.5 Å². The number of carbonyl (C=O) groups is 1. The lowest BCUT2D eigenvalue weighted by atomic mass is 9.83. The molecule has 2 nitrogen and oxygen atoms in total. The average Bonchev–Trinajstić information content (AvgIpc) is 2.84. The molecule has 0 saturated heterocycles. The summed E-state index contributed by atoms with van der Waals surface area (Å²) < 4.78 is 7.66. The van der Waals surface area contributed by atoms with Gasteiger partial charge in [0.2, 0.25) is 0 Å². The fourth-order valence-corrected chi connectivity index (χ4v) is 5.98. The lowest BCUT2D eigenvalue weighted by Crippen LogP contribution is -2.14. The van der Waals surface area contributed by atoms with E-state index >= 15 is 0 Å². The van der Waals surface area contributed by atoms with Gasteiger partial charge in [0.1, 0.15) is 0 Å². The number of benzene rings is 3. The van der Waals surface area contributed by atoms with Gasteiger partial charge in [-0.2, -0.15) is 0 Å². The van der Waals surface area contributed by atoms with Crippen molar-refractivity contribution in [2.75, 3.05) is 6.61 Å². The first-order chi connectivity index (χ1) is 17.0. The van der Waals surface area contributed by atoms with Gasteiger partial charge in [0.15, 0.2) is 0 Å². The van der Waals surface area contributed by atoms with E-state index in [1.165, 1.54) is 75.0 Å². The molecule has 0 saturated carbocycles. The van der Waals surface area contributed by atoms with Crippen molar-refractivity contribution in [1.82, 2.24) is 0 Å². The van der Waals surface area contributed by atoms with Crippen LogP contribution in [-0.2, 0) is 11.2 Å². The Morgan fingerprint density at radius 3 is 1.83 bits per heavy atom. The second-order valence-electron chi connectivity index (χ2n) is 9.72. The van der Waals surface area contributed by atoms with Crippen molar-refractivity contribution in [2.24, 2.45) is 5.92 Å². The van der Waals surface area contributed by atoms with Gasteiger partial charge in [0.05, 0.1) is 12.2 Å². The van der Waals surface area contributed by atoms with Crippen LogP contribution in [-0.4, -0.2) is 12.6 Å². The third-order valence-corrected chi connectivity index (χ3v) is 8.04. The zero-order chi connectivity index (χ0) is 25.2. The van der Waals surface area contributed by atoms with Gasteiger partial charge < -0.3 is 4.74 Å². The molecule has 0 amide bonds. The van der Waals surface area contributed by atoms with Crippen LogP contribution in [0, 0.1) is 5.92 Å². The highest BCUT2D eigenvalue weighted by atomic mass is 79.9. The molecule has 0 radical (unpaired) electrons. The van der Waals surface area contributed by atoms with Crippen molar-refractivity contribution >= 4 is 59.4 Å². The van der Waals surface area contributed by atoms with Crippen LogP contribution in [0.4, 0.5) is 0 Å². The number of carbonyl (C=O) groups excluding carboxylic acids is 1. The van der Waals surface area contributed by atoms with E-state index in [-0.39, 0.29) is 5.97 Å². The van der Waals surface area contributed by atoms with E-state index in [4.69, 9.17) is 4.74 Å². The minimum atomic E-state index is -0.205. The number of hydrogen-bond acceptors (Lipinski definition) is 2. The summed E-state index contributed by atoms with van der Waals surface area (Å²) in [4.78, 5) is 13.5. The van der Waals surface area contributed by atoms with Crippen LogP contribution in [0.1, 0.15) is 101 Å². The lowest BCUT2D eigenvalue weighted by molar-refractivity contribution is 0.0527. The highest BCUT2D eigenvalue weighted by molar-refractivity contribution is 9.10. The second-order valence-corrected chi connectivity index (χ2v) is 11.6. The summed E-state index contributed by atoms with van der Waals surface area (Å²) in [6.45, 7) is 6.80. The third kappa shape index (κ3) is 7.55. The van der Waals surface area contributed by atoms with Crippen molar-refractivity contribution in [3.8, 4) is 0 Å². The van der Waals surface area contributed by atoms with Crippen molar-refractivity contribution in [1.29, 1.82) is 0 Å². The fourth-order valence-electron chi connectivity index (χ4n) is 5.26. The number of halogens is 2. The highest BCUT2D eigenvalue weighted by Gasteiger charge is 2.24. The maximum Gasteiger partial charge on any atom is 0.339 e. The topological polar surface area (TPSA) is 26.3 Å². The molecule has 4 heteroatoms. The predicted octanol–water partition coefficient (Wildman–Crippen LogP) is 10.8. The van der Waals surface area contributed by atoms with Gasteiger partial charge in [-0.15, -0.1) is 0 Å². The van der Waals surface area contributed by atoms with Gasteiger partial charge in [-0.1, -0.05) is 122 Å². The van der Waals surface area contributed by atoms with Gasteiger partial charge >= 0.3 is 5.97 Å². The van der Waals surface area contributed by atoms with Crippen LogP contribution in [0.3, 0.4) is 0 Å². The molecule has 190 valence electrons. The molecule has 0 aliphatic rings. The second kappa shape index (κ2) is 14.4. The van der Waals surface area contributed by atoms with Crippen molar-refractivity contribution < 1.29 is 9.53 Å². The summed E-state index contributed by atoms with van der Waals surface area (Å²) in [5, 5.41) is 4.46. The Labute approximate surface area is 228 Å². The Bertz CT molecular complexity index is 1110. The SMILES string of the molecule is CCCCCCC(CCCCCC)Cc1c(C(=O)OCC)c2cc(Br)ccc2c2ccc(Br)cc12. The van der Waals surface area contributed by atoms with Crippen LogP contribution in [0.15, 0.2) is 45.3 Å². The number of hydrogen-bond donors (Lipinski definition) is 0. The van der Waals surface area contributed by atoms with Gasteiger partial charge in [0, 0.05) is 8.95 Å². The molecular weight excluding hydrogens is 564 g/mol. The van der Waals surface area contributed by atoms with Crippen LogP contribution in [0.5, 0.6) is 0 Å². The Morgan fingerprint density at radius 2 is 1.29 bits per heavy atom. The standard InChI is InChI=1S/C31H40Br2O2/c1-4-7-9-11-13-22(14-12-10-8-5-2)19-28-27-20-23(32)15-17-25(27)26-18-16-24(33)21-29(26)30(28)31(34)35-6-3/h15-18,20-22H,4-14,19H2,1-3H3. The smallest absolute Gasteiger partial charge is 0.339 e. The molecule has 0 atom stereocenters. The zero-order valence-electron chi connectivity index (χ0n) is 21.6. The van der Waals surface area contributed by atoms with E-state index in [2.05, 4.69) is 82.1 Å². The molecule has 0 fully saturated rings. The average molecular weight is 604 g/mol. The first kappa shape index (κ1) is 28.2. The van der Waals surface area contributed by atoms with Gasteiger partial charge in [0.25, 0.3) is 0 Å². The molecule has 3 aromatic carbocycles. The number of ether oxygens (including phenoxy) is 1. The van der Waals surface area contributed by atoms with Crippen molar-refractivity contribution in [3.63, 3.8) is 0 Å². The van der Waals surface area contributed by atoms with Crippen molar-refractivity contribution in [3.05, 3.63) is 56.5 Å². The summed E-state index contributed by atoms with van der Waals surface area (Å²) in [5.41, 5.74) is 1.90. The Hall–Kier alpha value is -1.39. The van der Waals surface area contributed by atoms with E-state index in [0.29, 0.717) is 12.5 Å². The van der Waals surface area contributed by atoms with E-state index in [9.17, 15) is 4.79 Å². The van der Waals surface area contributed by atoms with Crippen LogP contribution in [0.2, 0.25) is 0 Å². The Morgan fingerprint density at radius 1 is 0.743 bits per heavy atom. The van der Waals surface area contributed by atoms with E-state index in [1.54, 1.807) is 0 Å². The minimum Gasteiger partial charge on any atom is -0.462 e. The Balaban J connectivity index is 2.13. The van der Waals surface area contributed by atoms with Crippen molar-refractivity contribution in [2.45, 2.75) is 91.4 Å². The van der Waals surface area contributed by atoms with Gasteiger partial charge in [-0.3, -0.25) is 0 Å². The molecular formula is C31H40Br2O2. The summed E-state index contributed by atoms with van der Waals surface area (Å²) in [5.74, 6) is 0.367. The van der Waals surface area contributed by atoms with Crippen LogP contribution >= 0.6 is 31.9 Å². The number of unbranched alkanes of at least 4 members (excludes halogenated alkanes) is 6. The molecule has 0 aromatic heterocycles. The van der Waals surface area contributed by atoms with E-state index in [1.807, 2.05) is 6.92 Å². The molecule has 35 heavy (non-hydrogen) atoms. The minimum absolute atomic E-state index is 0.205. The van der Waals surface area contributed by atoms with E-state index < -0.39 is 0 Å². The molecule has 0 heterocycles. The number of fused-ring (bicyclic) bond motifs is 3. The molecule has 3 aromatic rings. The monoisotopic (exact) mass is 602 g/mol. The predicted molar refractivity (Wildman–Crippen MR) is 158 cm³/mol. The summed E-state index contributed by atoms with van der Waals surface area (Å²) >= 11 is 7.34. The quantitative estimate of drug-likeness (QED) is 0.104. The maximum absolute atomic E-state index is 13.5. The number of esters is 1. The molecule has 0 unspecified atom stereocenters. The van der Waals surface area contributed by atoms with Crippen LogP contribution < -0.4 is 0 Å².